The van der Waals surface area contributed by atoms with Crippen molar-refractivity contribution in [2.75, 3.05) is 13.1 Å². The topological polar surface area (TPSA) is 3.24 Å². The monoisotopic (exact) mass is 265 g/mol. The summed E-state index contributed by atoms with van der Waals surface area (Å²) in [6, 6.07) is 0. The van der Waals surface area contributed by atoms with Gasteiger partial charge in [-0.1, -0.05) is 19.3 Å². The fraction of sp³-hybridized carbons (Fsp3) is 1.00. The van der Waals surface area contributed by atoms with Crippen molar-refractivity contribution in [2.45, 2.75) is 38.5 Å². The molecule has 1 saturated heterocycles. The van der Waals surface area contributed by atoms with Crippen LogP contribution in [0, 0.1) is 5.41 Å². The molecule has 0 atom stereocenters. The van der Waals surface area contributed by atoms with Crippen molar-refractivity contribution in [1.82, 2.24) is 3.11 Å². The minimum Gasteiger partial charge on any atom is -0.247 e. The Bertz CT molecular complexity index is 135. The lowest BCUT2D eigenvalue weighted by molar-refractivity contribution is 0.209. The molecule has 2 aliphatic rings. The Kier molecular flexibility index (Phi) is 2.42. The Labute approximate surface area is 83.0 Å². The van der Waals surface area contributed by atoms with Gasteiger partial charge in [0.05, 0.1) is 0 Å². The van der Waals surface area contributed by atoms with Crippen LogP contribution in [0.1, 0.15) is 38.5 Å². The van der Waals surface area contributed by atoms with E-state index >= 15 is 0 Å². The van der Waals surface area contributed by atoms with Gasteiger partial charge in [-0.15, -0.1) is 0 Å². The molecule has 1 nitrogen and oxygen atoms in total. The van der Waals surface area contributed by atoms with Crippen molar-refractivity contribution in [1.29, 1.82) is 0 Å². The van der Waals surface area contributed by atoms with Crippen LogP contribution in [0.2, 0.25) is 0 Å². The highest BCUT2D eigenvalue weighted by Gasteiger charge is 2.37. The average molecular weight is 265 g/mol. The van der Waals surface area contributed by atoms with E-state index in [1.54, 1.807) is 0 Å². The maximum absolute atomic E-state index is 2.48. The normalized spacial score (nSPS) is 31.4. The predicted molar refractivity (Wildman–Crippen MR) is 55.7 cm³/mol. The first-order chi connectivity index (χ1) is 5.31. The van der Waals surface area contributed by atoms with Gasteiger partial charge in [0.25, 0.3) is 0 Å². The number of rotatable bonds is 0. The number of hydrogen-bond acceptors (Lipinski definition) is 1. The highest BCUT2D eigenvalue weighted by Crippen LogP contribution is 2.44. The zero-order chi connectivity index (χ0) is 7.73. The van der Waals surface area contributed by atoms with Crippen LogP contribution in [-0.2, 0) is 0 Å². The second kappa shape index (κ2) is 3.21. The predicted octanol–water partition coefficient (Wildman–Crippen LogP) is 2.99. The summed E-state index contributed by atoms with van der Waals surface area (Å²) in [6.07, 6.45) is 8.95. The maximum Gasteiger partial charge on any atom is 0.0201 e. The van der Waals surface area contributed by atoms with Gasteiger partial charge in [-0.2, -0.15) is 0 Å². The first kappa shape index (κ1) is 8.30. The van der Waals surface area contributed by atoms with Gasteiger partial charge in [-0.25, -0.2) is 3.11 Å². The van der Waals surface area contributed by atoms with Gasteiger partial charge in [-0.3, -0.25) is 0 Å². The molecule has 0 radical (unpaired) electrons. The van der Waals surface area contributed by atoms with Crippen molar-refractivity contribution in [3.8, 4) is 0 Å². The van der Waals surface area contributed by atoms with Crippen molar-refractivity contribution >= 4 is 22.9 Å². The molecule has 2 fully saturated rings. The molecule has 0 amide bonds. The molecular formula is C9H16IN. The summed E-state index contributed by atoms with van der Waals surface area (Å²) in [5, 5.41) is 0. The Morgan fingerprint density at radius 2 is 1.73 bits per heavy atom. The standard InChI is InChI=1S/C9H16IN/c10-11-7-6-9(8-11)4-2-1-3-5-9/h1-8H2. The molecule has 2 heteroatoms. The van der Waals surface area contributed by atoms with E-state index < -0.39 is 0 Å². The molecule has 1 aliphatic carbocycles. The highest BCUT2D eigenvalue weighted by molar-refractivity contribution is 14.1. The minimum atomic E-state index is 0.763. The molecule has 1 heterocycles. The van der Waals surface area contributed by atoms with Gasteiger partial charge >= 0.3 is 0 Å². The van der Waals surface area contributed by atoms with Gasteiger partial charge in [0.15, 0.2) is 0 Å². The van der Waals surface area contributed by atoms with E-state index in [-0.39, 0.29) is 0 Å². The van der Waals surface area contributed by atoms with Crippen LogP contribution in [-0.4, -0.2) is 16.2 Å². The fourth-order valence-electron chi connectivity index (χ4n) is 2.59. The zero-order valence-electron chi connectivity index (χ0n) is 6.98. The SMILES string of the molecule is IN1CCC2(CCCCC2)C1. The van der Waals surface area contributed by atoms with Crippen LogP contribution >= 0.6 is 22.9 Å². The third-order valence-corrected chi connectivity index (χ3v) is 4.13. The summed E-state index contributed by atoms with van der Waals surface area (Å²) in [7, 11) is 0. The second-order valence-electron chi connectivity index (χ2n) is 4.16. The van der Waals surface area contributed by atoms with E-state index in [4.69, 9.17) is 0 Å². The van der Waals surface area contributed by atoms with Gasteiger partial charge in [0, 0.05) is 36.0 Å². The fourth-order valence-corrected chi connectivity index (χ4v) is 3.56. The summed E-state index contributed by atoms with van der Waals surface area (Å²) < 4.78 is 2.48. The van der Waals surface area contributed by atoms with Gasteiger partial charge < -0.3 is 0 Å². The molecule has 1 aliphatic heterocycles. The molecule has 0 aromatic heterocycles. The summed E-state index contributed by atoms with van der Waals surface area (Å²) in [5.74, 6) is 0. The number of hydrogen-bond donors (Lipinski definition) is 0. The van der Waals surface area contributed by atoms with Crippen LogP contribution in [0.25, 0.3) is 0 Å². The molecule has 1 saturated carbocycles. The first-order valence-electron chi connectivity index (χ1n) is 4.72. The molecule has 64 valence electrons. The molecular weight excluding hydrogens is 249 g/mol. The largest absolute Gasteiger partial charge is 0.247 e. The molecule has 0 N–H and O–H groups in total. The van der Waals surface area contributed by atoms with E-state index in [1.807, 2.05) is 0 Å². The third kappa shape index (κ3) is 1.72. The molecule has 0 aromatic rings. The van der Waals surface area contributed by atoms with Crippen LogP contribution in [0.4, 0.5) is 0 Å². The smallest absolute Gasteiger partial charge is 0.0201 e. The van der Waals surface area contributed by atoms with E-state index in [0.717, 1.165) is 5.41 Å². The highest BCUT2D eigenvalue weighted by atomic mass is 127. The van der Waals surface area contributed by atoms with E-state index in [9.17, 15) is 0 Å². The van der Waals surface area contributed by atoms with Crippen molar-refractivity contribution in [3.05, 3.63) is 0 Å². The lowest BCUT2D eigenvalue weighted by Crippen LogP contribution is -2.25. The summed E-state index contributed by atoms with van der Waals surface area (Å²) in [6.45, 7) is 2.70. The van der Waals surface area contributed by atoms with Crippen LogP contribution in [0.15, 0.2) is 0 Å². The lowest BCUT2D eigenvalue weighted by atomic mass is 9.74. The lowest BCUT2D eigenvalue weighted by Gasteiger charge is -2.32. The average Bonchev–Trinajstić information content (AvgIpc) is 2.34. The van der Waals surface area contributed by atoms with Gasteiger partial charge in [-0.05, 0) is 24.7 Å². The van der Waals surface area contributed by atoms with Crippen LogP contribution in [0.3, 0.4) is 0 Å². The van der Waals surface area contributed by atoms with Crippen molar-refractivity contribution < 1.29 is 0 Å². The summed E-state index contributed by atoms with van der Waals surface area (Å²) in [4.78, 5) is 0. The molecule has 0 aromatic carbocycles. The Balaban J connectivity index is 1.98. The quantitative estimate of drug-likeness (QED) is 0.480. The zero-order valence-corrected chi connectivity index (χ0v) is 9.14. The second-order valence-corrected chi connectivity index (χ2v) is 5.52. The van der Waals surface area contributed by atoms with Crippen molar-refractivity contribution in [2.24, 2.45) is 5.41 Å². The molecule has 0 unspecified atom stereocenters. The first-order valence-corrected chi connectivity index (χ1v) is 5.68. The van der Waals surface area contributed by atoms with Crippen LogP contribution in [0.5, 0.6) is 0 Å². The Morgan fingerprint density at radius 1 is 1.00 bits per heavy atom. The maximum atomic E-state index is 2.48. The molecule has 0 bridgehead atoms. The summed E-state index contributed by atoms with van der Waals surface area (Å²) >= 11 is 2.48. The number of nitrogens with zero attached hydrogens (tertiary/aromatic N) is 1. The molecule has 2 rings (SSSR count). The van der Waals surface area contributed by atoms with E-state index in [2.05, 4.69) is 26.0 Å². The summed E-state index contributed by atoms with van der Waals surface area (Å²) in [5.41, 5.74) is 0.763. The molecule has 1 spiro atoms. The number of halogens is 1. The van der Waals surface area contributed by atoms with E-state index in [1.165, 1.54) is 51.6 Å². The van der Waals surface area contributed by atoms with Crippen molar-refractivity contribution in [3.63, 3.8) is 0 Å². The van der Waals surface area contributed by atoms with Gasteiger partial charge in [0.1, 0.15) is 0 Å². The Morgan fingerprint density at radius 3 is 2.27 bits per heavy atom. The minimum absolute atomic E-state index is 0.763. The van der Waals surface area contributed by atoms with Crippen LogP contribution < -0.4 is 0 Å². The van der Waals surface area contributed by atoms with E-state index in [0.29, 0.717) is 0 Å². The van der Waals surface area contributed by atoms with Gasteiger partial charge in [0.2, 0.25) is 0 Å². The Hall–Kier alpha value is 0.690. The molecule has 11 heavy (non-hydrogen) atoms. The third-order valence-electron chi connectivity index (χ3n) is 3.31.